The number of hydrogen-bond donors (Lipinski definition) is 1. The number of carbonyl (C=O) groups excluding carboxylic acids is 1. The van der Waals surface area contributed by atoms with Gasteiger partial charge in [0.1, 0.15) is 5.75 Å². The molecule has 0 aliphatic rings. The van der Waals surface area contributed by atoms with Crippen molar-refractivity contribution < 1.29 is 9.53 Å². The number of amides is 1. The molecule has 0 unspecified atom stereocenters. The Morgan fingerprint density at radius 2 is 1.88 bits per heavy atom. The normalized spacial score (nSPS) is 11.8. The van der Waals surface area contributed by atoms with Gasteiger partial charge in [0.2, 0.25) is 0 Å². The van der Waals surface area contributed by atoms with E-state index in [0.29, 0.717) is 5.75 Å². The molecule has 0 aliphatic heterocycles. The fourth-order valence-corrected chi connectivity index (χ4v) is 3.02. The second-order valence-corrected chi connectivity index (χ2v) is 6.70. The quantitative estimate of drug-likeness (QED) is 0.725. The SMILES string of the molecule is CCc1ccc(OCC(=O)N[C@@H](CC)c2ccc(C)cc2)c(Br)c1. The molecular weight excluding hydrogens is 366 g/mol. The predicted molar refractivity (Wildman–Crippen MR) is 101 cm³/mol. The molecule has 2 aromatic rings. The zero-order valence-electron chi connectivity index (χ0n) is 14.4. The van der Waals surface area contributed by atoms with Crippen LogP contribution in [0.25, 0.3) is 0 Å². The van der Waals surface area contributed by atoms with Crippen LogP contribution in [-0.4, -0.2) is 12.5 Å². The molecule has 0 saturated heterocycles. The molecule has 2 rings (SSSR count). The van der Waals surface area contributed by atoms with Crippen molar-refractivity contribution in [2.45, 2.75) is 39.7 Å². The first-order chi connectivity index (χ1) is 11.5. The van der Waals surface area contributed by atoms with E-state index in [1.165, 1.54) is 11.1 Å². The second kappa shape index (κ2) is 8.88. The summed E-state index contributed by atoms with van der Waals surface area (Å²) in [5, 5.41) is 3.04. The molecule has 0 saturated carbocycles. The lowest BCUT2D eigenvalue weighted by molar-refractivity contribution is -0.123. The maximum Gasteiger partial charge on any atom is 0.258 e. The minimum atomic E-state index is -0.117. The molecule has 1 N–H and O–H groups in total. The van der Waals surface area contributed by atoms with Crippen molar-refractivity contribution in [2.75, 3.05) is 6.61 Å². The summed E-state index contributed by atoms with van der Waals surface area (Å²) in [6.07, 6.45) is 1.80. The summed E-state index contributed by atoms with van der Waals surface area (Å²) < 4.78 is 6.51. The molecule has 1 amide bonds. The monoisotopic (exact) mass is 389 g/mol. The third kappa shape index (κ3) is 5.10. The molecule has 24 heavy (non-hydrogen) atoms. The second-order valence-electron chi connectivity index (χ2n) is 5.85. The topological polar surface area (TPSA) is 38.3 Å². The number of aryl methyl sites for hydroxylation is 2. The smallest absolute Gasteiger partial charge is 0.258 e. The highest BCUT2D eigenvalue weighted by atomic mass is 79.9. The first-order valence-electron chi connectivity index (χ1n) is 8.30. The maximum absolute atomic E-state index is 12.2. The van der Waals surface area contributed by atoms with Gasteiger partial charge < -0.3 is 10.1 Å². The van der Waals surface area contributed by atoms with E-state index in [2.05, 4.69) is 66.3 Å². The number of nitrogens with one attached hydrogen (secondary N) is 1. The van der Waals surface area contributed by atoms with E-state index in [1.807, 2.05) is 18.2 Å². The number of carbonyl (C=O) groups is 1. The van der Waals surface area contributed by atoms with Gasteiger partial charge >= 0.3 is 0 Å². The fourth-order valence-electron chi connectivity index (χ4n) is 2.48. The molecule has 0 bridgehead atoms. The highest BCUT2D eigenvalue weighted by molar-refractivity contribution is 9.10. The summed E-state index contributed by atoms with van der Waals surface area (Å²) in [6, 6.07) is 14.2. The zero-order valence-corrected chi connectivity index (χ0v) is 16.0. The van der Waals surface area contributed by atoms with Crippen molar-refractivity contribution >= 4 is 21.8 Å². The summed E-state index contributed by atoms with van der Waals surface area (Å²) in [7, 11) is 0. The van der Waals surface area contributed by atoms with Crippen molar-refractivity contribution in [2.24, 2.45) is 0 Å². The third-order valence-corrected chi connectivity index (χ3v) is 4.61. The molecule has 0 heterocycles. The van der Waals surface area contributed by atoms with Gasteiger partial charge in [-0.3, -0.25) is 4.79 Å². The summed E-state index contributed by atoms with van der Waals surface area (Å²) in [4.78, 5) is 12.2. The van der Waals surface area contributed by atoms with Gasteiger partial charge in [0, 0.05) is 0 Å². The van der Waals surface area contributed by atoms with Gasteiger partial charge in [-0.1, -0.05) is 49.7 Å². The highest BCUT2D eigenvalue weighted by Gasteiger charge is 2.13. The van der Waals surface area contributed by atoms with Crippen molar-refractivity contribution in [3.05, 3.63) is 63.6 Å². The van der Waals surface area contributed by atoms with Crippen LogP contribution in [0.3, 0.4) is 0 Å². The Morgan fingerprint density at radius 1 is 1.17 bits per heavy atom. The van der Waals surface area contributed by atoms with Crippen LogP contribution in [0.4, 0.5) is 0 Å². The number of ether oxygens (including phenoxy) is 1. The van der Waals surface area contributed by atoms with Crippen LogP contribution >= 0.6 is 15.9 Å². The van der Waals surface area contributed by atoms with E-state index >= 15 is 0 Å². The Kier molecular flexibility index (Phi) is 6.85. The lowest BCUT2D eigenvalue weighted by Gasteiger charge is -2.18. The van der Waals surface area contributed by atoms with Crippen LogP contribution in [0.5, 0.6) is 5.75 Å². The maximum atomic E-state index is 12.2. The molecule has 0 fully saturated rings. The molecule has 0 spiro atoms. The average molecular weight is 390 g/mol. The van der Waals surface area contributed by atoms with Gasteiger partial charge in [-0.05, 0) is 59.0 Å². The van der Waals surface area contributed by atoms with Crippen molar-refractivity contribution in [3.8, 4) is 5.75 Å². The van der Waals surface area contributed by atoms with Gasteiger partial charge in [0.15, 0.2) is 6.61 Å². The number of rotatable bonds is 7. The summed E-state index contributed by atoms with van der Waals surface area (Å²) in [6.45, 7) is 6.22. The number of benzene rings is 2. The molecular formula is C20H24BrNO2. The van der Waals surface area contributed by atoms with Gasteiger partial charge in [0.05, 0.1) is 10.5 Å². The van der Waals surface area contributed by atoms with Crippen LogP contribution < -0.4 is 10.1 Å². The molecule has 0 aliphatic carbocycles. The molecule has 0 aromatic heterocycles. The van der Waals surface area contributed by atoms with Gasteiger partial charge in [-0.15, -0.1) is 0 Å². The van der Waals surface area contributed by atoms with E-state index in [1.54, 1.807) is 0 Å². The van der Waals surface area contributed by atoms with Gasteiger partial charge in [-0.2, -0.15) is 0 Å². The Hall–Kier alpha value is -1.81. The van der Waals surface area contributed by atoms with Crippen molar-refractivity contribution in [3.63, 3.8) is 0 Å². The molecule has 1 atom stereocenters. The molecule has 0 radical (unpaired) electrons. The Morgan fingerprint density at radius 3 is 2.46 bits per heavy atom. The summed E-state index contributed by atoms with van der Waals surface area (Å²) >= 11 is 3.49. The highest BCUT2D eigenvalue weighted by Crippen LogP contribution is 2.26. The van der Waals surface area contributed by atoms with Crippen molar-refractivity contribution in [1.82, 2.24) is 5.32 Å². The van der Waals surface area contributed by atoms with Crippen LogP contribution in [0.2, 0.25) is 0 Å². The Bertz CT molecular complexity index is 683. The summed E-state index contributed by atoms with van der Waals surface area (Å²) in [5.41, 5.74) is 3.55. The Labute approximate surface area is 152 Å². The molecule has 3 nitrogen and oxygen atoms in total. The van der Waals surface area contributed by atoms with Crippen LogP contribution in [-0.2, 0) is 11.2 Å². The third-order valence-electron chi connectivity index (χ3n) is 3.99. The predicted octanol–water partition coefficient (Wildman–Crippen LogP) is 4.97. The average Bonchev–Trinajstić information content (AvgIpc) is 2.59. The molecule has 4 heteroatoms. The van der Waals surface area contributed by atoms with E-state index < -0.39 is 0 Å². The standard InChI is InChI=1S/C20H24BrNO2/c1-4-15-8-11-19(17(21)12-15)24-13-20(23)22-18(5-2)16-9-6-14(3)7-10-16/h6-12,18H,4-5,13H2,1-3H3,(H,22,23)/t18-/m0/s1. The van der Waals surface area contributed by atoms with Crippen LogP contribution in [0.1, 0.15) is 43.0 Å². The first-order valence-corrected chi connectivity index (χ1v) is 9.10. The van der Waals surface area contributed by atoms with Crippen LogP contribution in [0, 0.1) is 6.92 Å². The van der Waals surface area contributed by atoms with E-state index in [-0.39, 0.29) is 18.6 Å². The van der Waals surface area contributed by atoms with E-state index in [4.69, 9.17) is 4.74 Å². The minimum Gasteiger partial charge on any atom is -0.483 e. The van der Waals surface area contributed by atoms with Gasteiger partial charge in [-0.25, -0.2) is 0 Å². The van der Waals surface area contributed by atoms with Gasteiger partial charge in [0.25, 0.3) is 5.91 Å². The largest absolute Gasteiger partial charge is 0.483 e. The Balaban J connectivity index is 1.93. The zero-order chi connectivity index (χ0) is 17.5. The molecule has 2 aromatic carbocycles. The van der Waals surface area contributed by atoms with Crippen molar-refractivity contribution in [1.29, 1.82) is 0 Å². The van der Waals surface area contributed by atoms with E-state index in [0.717, 1.165) is 22.9 Å². The minimum absolute atomic E-state index is 0.00638. The first kappa shape index (κ1) is 18.5. The summed E-state index contributed by atoms with van der Waals surface area (Å²) in [5.74, 6) is 0.569. The fraction of sp³-hybridized carbons (Fsp3) is 0.350. The molecule has 128 valence electrons. The van der Waals surface area contributed by atoms with E-state index in [9.17, 15) is 4.79 Å². The van der Waals surface area contributed by atoms with Crippen LogP contribution in [0.15, 0.2) is 46.9 Å². The number of hydrogen-bond acceptors (Lipinski definition) is 2. The lowest BCUT2D eigenvalue weighted by atomic mass is 10.0. The lowest BCUT2D eigenvalue weighted by Crippen LogP contribution is -2.32. The number of halogens is 1.